The molecule has 0 fully saturated rings. The zero-order valence-electron chi connectivity index (χ0n) is 9.83. The molecule has 0 unspecified atom stereocenters. The number of Topliss-reactive ketones (excluding diaryl/α,β-unsaturated/α-hetero) is 1. The van der Waals surface area contributed by atoms with E-state index in [1.165, 1.54) is 6.42 Å². The highest BCUT2D eigenvalue weighted by Gasteiger charge is 2.17. The Morgan fingerprint density at radius 3 is 2.82 bits per heavy atom. The molecule has 0 saturated carbocycles. The fraction of sp³-hybridized carbons (Fsp3) is 0.357. The van der Waals surface area contributed by atoms with Crippen molar-refractivity contribution in [2.24, 2.45) is 0 Å². The van der Waals surface area contributed by atoms with E-state index in [1.807, 2.05) is 12.1 Å². The monoisotopic (exact) mass is 294 g/mol. The number of methoxy groups -OCH3 is 1. The van der Waals surface area contributed by atoms with Crippen molar-refractivity contribution in [1.29, 1.82) is 0 Å². The van der Waals surface area contributed by atoms with E-state index >= 15 is 0 Å². The molecule has 90 valence electrons. The van der Waals surface area contributed by atoms with Gasteiger partial charge in [0.15, 0.2) is 5.78 Å². The van der Waals surface area contributed by atoms with E-state index in [1.54, 1.807) is 13.2 Å². The second-order valence-corrected chi connectivity index (χ2v) is 5.00. The van der Waals surface area contributed by atoms with Crippen LogP contribution in [0.4, 0.5) is 0 Å². The van der Waals surface area contributed by atoms with Gasteiger partial charge in [-0.1, -0.05) is 22.0 Å². The molecule has 1 aliphatic carbocycles. The summed E-state index contributed by atoms with van der Waals surface area (Å²) < 4.78 is 5.98. The summed E-state index contributed by atoms with van der Waals surface area (Å²) in [5, 5.41) is 0. The van der Waals surface area contributed by atoms with E-state index in [0.29, 0.717) is 11.3 Å². The van der Waals surface area contributed by atoms with Gasteiger partial charge in [0.25, 0.3) is 0 Å². The Bertz CT molecular complexity index is 463. The normalized spacial score (nSPS) is 15.3. The Labute approximate surface area is 110 Å². The van der Waals surface area contributed by atoms with Gasteiger partial charge < -0.3 is 4.74 Å². The Balaban J connectivity index is 2.32. The van der Waals surface area contributed by atoms with Crippen molar-refractivity contribution < 1.29 is 9.53 Å². The van der Waals surface area contributed by atoms with Gasteiger partial charge in [0.2, 0.25) is 0 Å². The van der Waals surface area contributed by atoms with Crippen molar-refractivity contribution in [3.8, 4) is 5.75 Å². The van der Waals surface area contributed by atoms with Crippen LogP contribution in [0.3, 0.4) is 0 Å². The highest BCUT2D eigenvalue weighted by atomic mass is 79.9. The zero-order chi connectivity index (χ0) is 12.3. The molecule has 0 bridgehead atoms. The molecule has 0 atom stereocenters. The third-order valence-corrected chi connectivity index (χ3v) is 3.69. The SMILES string of the molecule is COc1ccc(Br)c(C(=O)C2=CCCCC2)c1. The first-order chi connectivity index (χ1) is 8.22. The Morgan fingerprint density at radius 2 is 2.18 bits per heavy atom. The first-order valence-electron chi connectivity index (χ1n) is 5.79. The van der Waals surface area contributed by atoms with Crippen LogP contribution in [0.15, 0.2) is 34.3 Å². The average molecular weight is 295 g/mol. The van der Waals surface area contributed by atoms with Crippen molar-refractivity contribution in [3.63, 3.8) is 0 Å². The number of carbonyl (C=O) groups is 1. The number of ether oxygens (including phenoxy) is 1. The molecule has 0 amide bonds. The van der Waals surface area contributed by atoms with Gasteiger partial charge in [0.05, 0.1) is 7.11 Å². The molecule has 1 aliphatic rings. The summed E-state index contributed by atoms with van der Waals surface area (Å²) in [6.45, 7) is 0. The van der Waals surface area contributed by atoms with Crippen molar-refractivity contribution in [1.82, 2.24) is 0 Å². The fourth-order valence-electron chi connectivity index (χ4n) is 2.02. The zero-order valence-corrected chi connectivity index (χ0v) is 11.4. The molecule has 2 nitrogen and oxygen atoms in total. The smallest absolute Gasteiger partial charge is 0.189 e. The molecule has 0 radical (unpaired) electrons. The second kappa shape index (κ2) is 5.50. The van der Waals surface area contributed by atoms with E-state index in [-0.39, 0.29) is 5.78 Å². The summed E-state index contributed by atoms with van der Waals surface area (Å²) in [7, 11) is 1.61. The highest BCUT2D eigenvalue weighted by molar-refractivity contribution is 9.10. The van der Waals surface area contributed by atoms with Crippen LogP contribution < -0.4 is 4.74 Å². The average Bonchev–Trinajstić information content (AvgIpc) is 2.39. The van der Waals surface area contributed by atoms with Crippen LogP contribution in [-0.4, -0.2) is 12.9 Å². The molecular formula is C14H15BrO2. The van der Waals surface area contributed by atoms with Crippen molar-refractivity contribution in [2.45, 2.75) is 25.7 Å². The minimum absolute atomic E-state index is 0.121. The van der Waals surface area contributed by atoms with Crippen molar-refractivity contribution in [3.05, 3.63) is 39.9 Å². The lowest BCUT2D eigenvalue weighted by Crippen LogP contribution is -2.07. The number of allylic oxidation sites excluding steroid dienone is 2. The Morgan fingerprint density at radius 1 is 1.35 bits per heavy atom. The number of benzene rings is 1. The fourth-order valence-corrected chi connectivity index (χ4v) is 2.45. The third-order valence-electron chi connectivity index (χ3n) is 3.00. The number of carbonyl (C=O) groups excluding carboxylic acids is 1. The second-order valence-electron chi connectivity index (χ2n) is 4.15. The van der Waals surface area contributed by atoms with E-state index in [0.717, 1.165) is 29.3 Å². The van der Waals surface area contributed by atoms with E-state index < -0.39 is 0 Å². The number of hydrogen-bond donors (Lipinski definition) is 0. The first-order valence-corrected chi connectivity index (χ1v) is 6.59. The maximum atomic E-state index is 12.3. The van der Waals surface area contributed by atoms with Crippen molar-refractivity contribution >= 4 is 21.7 Å². The van der Waals surface area contributed by atoms with Gasteiger partial charge in [-0.3, -0.25) is 4.79 Å². The molecule has 0 spiro atoms. The quantitative estimate of drug-likeness (QED) is 0.783. The Hall–Kier alpha value is -1.09. The summed E-state index contributed by atoms with van der Waals surface area (Å²) >= 11 is 3.42. The van der Waals surface area contributed by atoms with Gasteiger partial charge in [-0.15, -0.1) is 0 Å². The summed E-state index contributed by atoms with van der Waals surface area (Å²) in [5.41, 5.74) is 1.63. The lowest BCUT2D eigenvalue weighted by Gasteiger charge is -2.13. The minimum Gasteiger partial charge on any atom is -0.497 e. The van der Waals surface area contributed by atoms with Gasteiger partial charge in [0.1, 0.15) is 5.75 Å². The van der Waals surface area contributed by atoms with Gasteiger partial charge in [-0.05, 0) is 49.5 Å². The van der Waals surface area contributed by atoms with E-state index in [9.17, 15) is 4.79 Å². The number of ketones is 1. The summed E-state index contributed by atoms with van der Waals surface area (Å²) in [6.07, 6.45) is 6.28. The van der Waals surface area contributed by atoms with E-state index in [4.69, 9.17) is 4.74 Å². The summed E-state index contributed by atoms with van der Waals surface area (Å²) in [5.74, 6) is 0.837. The molecule has 1 aromatic carbocycles. The van der Waals surface area contributed by atoms with Crippen LogP contribution in [0.5, 0.6) is 5.75 Å². The van der Waals surface area contributed by atoms with Gasteiger partial charge in [-0.25, -0.2) is 0 Å². The maximum absolute atomic E-state index is 12.3. The standard InChI is InChI=1S/C14H15BrO2/c1-17-11-7-8-13(15)12(9-11)14(16)10-5-3-2-4-6-10/h5,7-9H,2-4,6H2,1H3. The number of rotatable bonds is 3. The van der Waals surface area contributed by atoms with Crippen LogP contribution in [0.2, 0.25) is 0 Å². The van der Waals surface area contributed by atoms with Gasteiger partial charge in [-0.2, -0.15) is 0 Å². The molecular weight excluding hydrogens is 280 g/mol. The summed E-state index contributed by atoms with van der Waals surface area (Å²) in [6, 6.07) is 5.49. The van der Waals surface area contributed by atoms with Crippen LogP contribution in [0, 0.1) is 0 Å². The maximum Gasteiger partial charge on any atom is 0.189 e. The molecule has 0 heterocycles. The first kappa shape index (κ1) is 12.4. The summed E-state index contributed by atoms with van der Waals surface area (Å²) in [4.78, 5) is 12.3. The Kier molecular flexibility index (Phi) is 4.00. The van der Waals surface area contributed by atoms with Crippen LogP contribution in [0.25, 0.3) is 0 Å². The van der Waals surface area contributed by atoms with Gasteiger partial charge in [0, 0.05) is 10.0 Å². The predicted molar refractivity (Wildman–Crippen MR) is 71.6 cm³/mol. The molecule has 0 aliphatic heterocycles. The largest absolute Gasteiger partial charge is 0.497 e. The highest BCUT2D eigenvalue weighted by Crippen LogP contribution is 2.28. The number of hydrogen-bond acceptors (Lipinski definition) is 2. The van der Waals surface area contributed by atoms with Gasteiger partial charge >= 0.3 is 0 Å². The van der Waals surface area contributed by atoms with E-state index in [2.05, 4.69) is 22.0 Å². The minimum atomic E-state index is 0.121. The molecule has 0 saturated heterocycles. The molecule has 17 heavy (non-hydrogen) atoms. The van der Waals surface area contributed by atoms with Crippen LogP contribution in [0.1, 0.15) is 36.0 Å². The predicted octanol–water partition coefficient (Wildman–Crippen LogP) is 4.14. The molecule has 3 heteroatoms. The van der Waals surface area contributed by atoms with Crippen LogP contribution in [-0.2, 0) is 0 Å². The topological polar surface area (TPSA) is 26.3 Å². The molecule has 0 N–H and O–H groups in total. The van der Waals surface area contributed by atoms with Crippen LogP contribution >= 0.6 is 15.9 Å². The van der Waals surface area contributed by atoms with Crippen molar-refractivity contribution in [2.75, 3.05) is 7.11 Å². The molecule has 0 aromatic heterocycles. The lowest BCUT2D eigenvalue weighted by atomic mass is 9.93. The number of halogens is 1. The third kappa shape index (κ3) is 2.78. The lowest BCUT2D eigenvalue weighted by molar-refractivity contribution is 0.102. The molecule has 1 aromatic rings. The molecule has 2 rings (SSSR count).